The number of benzene rings is 1. The van der Waals surface area contributed by atoms with Gasteiger partial charge in [-0.15, -0.1) is 0 Å². The number of Topliss-reactive ketones (excluding diaryl/α,β-unsaturated/α-hetero) is 1. The second-order valence-corrected chi connectivity index (χ2v) is 6.33. The van der Waals surface area contributed by atoms with Crippen LogP contribution in [0.1, 0.15) is 38.1 Å². The molecule has 0 saturated carbocycles. The van der Waals surface area contributed by atoms with Crippen LogP contribution in [0.3, 0.4) is 0 Å². The molecule has 0 aliphatic heterocycles. The average Bonchev–Trinajstić information content (AvgIpc) is 2.38. The van der Waals surface area contributed by atoms with Crippen LogP contribution in [0.2, 0.25) is 0 Å². The summed E-state index contributed by atoms with van der Waals surface area (Å²) in [4.78, 5) is 24.7. The van der Waals surface area contributed by atoms with Gasteiger partial charge in [0, 0.05) is 11.0 Å². The van der Waals surface area contributed by atoms with Crippen molar-refractivity contribution in [3.8, 4) is 5.75 Å². The van der Waals surface area contributed by atoms with Crippen LogP contribution in [0, 0.1) is 10.8 Å². The number of hydrogen-bond acceptors (Lipinski definition) is 4. The quantitative estimate of drug-likeness (QED) is 0.668. The monoisotopic (exact) mass is 296 g/mol. The number of rotatable bonds is 5. The molecule has 1 aromatic carbocycles. The molecule has 0 bridgehead atoms. The molecule has 1 atom stereocenters. The first-order chi connectivity index (χ1) is 9.14. The van der Waals surface area contributed by atoms with E-state index < -0.39 is 10.8 Å². The largest absolute Gasteiger partial charge is 0.508 e. The summed E-state index contributed by atoms with van der Waals surface area (Å²) in [6.07, 6.45) is 0. The highest BCUT2D eigenvalue weighted by atomic mass is 31.1. The van der Waals surface area contributed by atoms with Gasteiger partial charge in [-0.2, -0.15) is 0 Å². The van der Waals surface area contributed by atoms with E-state index in [-0.39, 0.29) is 26.3 Å². The van der Waals surface area contributed by atoms with E-state index in [0.29, 0.717) is 5.56 Å². The predicted molar refractivity (Wildman–Crippen MR) is 80.3 cm³/mol. The van der Waals surface area contributed by atoms with Gasteiger partial charge in [0.15, 0.2) is 5.78 Å². The Bertz CT molecular complexity index is 503. The van der Waals surface area contributed by atoms with Gasteiger partial charge in [-0.05, 0) is 44.8 Å². The molecule has 20 heavy (non-hydrogen) atoms. The Morgan fingerprint density at radius 1 is 1.05 bits per heavy atom. The standard InChI is InChI=1S/C15H21O4P/c1-14(2,15(3,4)13(18)19-20-5)12(17)10-6-8-11(16)9-7-10/h6-9,16,20H,1-5H3. The van der Waals surface area contributed by atoms with Crippen LogP contribution < -0.4 is 0 Å². The van der Waals surface area contributed by atoms with E-state index in [1.807, 2.05) is 0 Å². The number of hydrogen-bond donors (Lipinski definition) is 1. The fourth-order valence-electron chi connectivity index (χ4n) is 1.73. The van der Waals surface area contributed by atoms with Crippen LogP contribution in [0.15, 0.2) is 24.3 Å². The maximum absolute atomic E-state index is 12.6. The molecular formula is C15H21O4P. The highest BCUT2D eigenvalue weighted by Crippen LogP contribution is 2.43. The molecule has 4 nitrogen and oxygen atoms in total. The molecule has 0 aliphatic carbocycles. The van der Waals surface area contributed by atoms with Gasteiger partial charge >= 0.3 is 5.97 Å². The second-order valence-electron chi connectivity index (χ2n) is 5.72. The van der Waals surface area contributed by atoms with E-state index in [4.69, 9.17) is 4.52 Å². The van der Waals surface area contributed by atoms with Gasteiger partial charge < -0.3 is 9.63 Å². The Labute approximate surface area is 121 Å². The highest BCUT2D eigenvalue weighted by molar-refractivity contribution is 7.31. The first-order valence-electron chi connectivity index (χ1n) is 6.36. The van der Waals surface area contributed by atoms with Gasteiger partial charge in [0.25, 0.3) is 0 Å². The molecule has 0 saturated heterocycles. The van der Waals surface area contributed by atoms with Crippen molar-refractivity contribution in [2.75, 3.05) is 6.66 Å². The molecule has 0 heterocycles. The van der Waals surface area contributed by atoms with Gasteiger partial charge in [0.1, 0.15) is 5.75 Å². The molecule has 1 N–H and O–H groups in total. The van der Waals surface area contributed by atoms with Gasteiger partial charge in [0.2, 0.25) is 0 Å². The normalized spacial score (nSPS) is 12.7. The van der Waals surface area contributed by atoms with Crippen molar-refractivity contribution in [2.24, 2.45) is 10.8 Å². The fourth-order valence-corrected chi connectivity index (χ4v) is 2.17. The van der Waals surface area contributed by atoms with E-state index in [0.717, 1.165) is 0 Å². The number of carbonyl (C=O) groups is 2. The summed E-state index contributed by atoms with van der Waals surface area (Å²) in [6.45, 7) is 8.68. The van der Waals surface area contributed by atoms with Crippen LogP contribution >= 0.6 is 8.81 Å². The lowest BCUT2D eigenvalue weighted by molar-refractivity contribution is -0.147. The molecule has 0 aliphatic rings. The maximum atomic E-state index is 12.6. The number of phenolic OH excluding ortho intramolecular Hbond substituents is 1. The van der Waals surface area contributed by atoms with Crippen LogP contribution in [-0.4, -0.2) is 23.5 Å². The number of carbonyl (C=O) groups excluding carboxylic acids is 2. The van der Waals surface area contributed by atoms with Crippen LogP contribution in [0.5, 0.6) is 5.75 Å². The predicted octanol–water partition coefficient (Wildman–Crippen LogP) is 3.39. The minimum atomic E-state index is -0.940. The first kappa shape index (κ1) is 16.6. The average molecular weight is 296 g/mol. The summed E-state index contributed by atoms with van der Waals surface area (Å²) in [6, 6.07) is 6.04. The smallest absolute Gasteiger partial charge is 0.314 e. The van der Waals surface area contributed by atoms with Gasteiger partial charge in [0.05, 0.1) is 14.2 Å². The SMILES string of the molecule is CPOC(=O)C(C)(C)C(C)(C)C(=O)c1ccc(O)cc1. The number of ketones is 1. The van der Waals surface area contributed by atoms with E-state index in [1.165, 1.54) is 12.1 Å². The van der Waals surface area contributed by atoms with Crippen LogP contribution in [0.4, 0.5) is 0 Å². The fraction of sp³-hybridized carbons (Fsp3) is 0.467. The minimum absolute atomic E-state index is 0.0552. The molecule has 1 unspecified atom stereocenters. The number of aromatic hydroxyl groups is 1. The summed E-state index contributed by atoms with van der Waals surface area (Å²) >= 11 is 0. The van der Waals surface area contributed by atoms with Gasteiger partial charge in [-0.3, -0.25) is 9.59 Å². The summed E-state index contributed by atoms with van der Waals surface area (Å²) in [5.41, 5.74) is -1.39. The van der Waals surface area contributed by atoms with E-state index in [1.54, 1.807) is 46.5 Å². The first-order valence-corrected chi connectivity index (χ1v) is 7.77. The summed E-state index contributed by atoms with van der Waals surface area (Å²) in [5.74, 6) is -0.431. The molecule has 0 amide bonds. The van der Waals surface area contributed by atoms with E-state index in [2.05, 4.69) is 0 Å². The summed E-state index contributed by atoms with van der Waals surface area (Å²) in [5, 5.41) is 9.27. The van der Waals surface area contributed by atoms with Crippen molar-refractivity contribution < 1.29 is 19.2 Å². The molecule has 0 fully saturated rings. The van der Waals surface area contributed by atoms with Gasteiger partial charge in [-0.1, -0.05) is 13.8 Å². The van der Waals surface area contributed by atoms with Crippen molar-refractivity contribution in [3.63, 3.8) is 0 Å². The minimum Gasteiger partial charge on any atom is -0.508 e. The lowest BCUT2D eigenvalue weighted by Crippen LogP contribution is -2.45. The van der Waals surface area contributed by atoms with Crippen LogP contribution in [-0.2, 0) is 9.32 Å². The van der Waals surface area contributed by atoms with Crippen molar-refractivity contribution in [1.82, 2.24) is 0 Å². The molecule has 0 aromatic heterocycles. The number of phenols is 1. The lowest BCUT2D eigenvalue weighted by Gasteiger charge is -2.37. The zero-order valence-corrected chi connectivity index (χ0v) is 13.5. The Kier molecular flexibility index (Phi) is 4.93. The third-order valence-corrected chi connectivity index (χ3v) is 4.35. The van der Waals surface area contributed by atoms with Crippen molar-refractivity contribution >= 4 is 20.6 Å². The van der Waals surface area contributed by atoms with Crippen molar-refractivity contribution in [1.29, 1.82) is 0 Å². The summed E-state index contributed by atoms with van der Waals surface area (Å²) in [7, 11) is 0.0552. The molecule has 1 aromatic rings. The molecule has 5 heteroatoms. The zero-order valence-electron chi connectivity index (χ0n) is 12.5. The van der Waals surface area contributed by atoms with Gasteiger partial charge in [-0.25, -0.2) is 0 Å². The second kappa shape index (κ2) is 5.92. The molecule has 1 rings (SSSR count). The Balaban J connectivity index is 3.11. The third kappa shape index (κ3) is 3.01. The van der Waals surface area contributed by atoms with Crippen molar-refractivity contribution in [2.45, 2.75) is 27.7 Å². The van der Waals surface area contributed by atoms with Crippen LogP contribution in [0.25, 0.3) is 0 Å². The maximum Gasteiger partial charge on any atom is 0.314 e. The Hall–Kier alpha value is -1.41. The third-order valence-electron chi connectivity index (χ3n) is 3.96. The molecule has 0 radical (unpaired) electrons. The molecular weight excluding hydrogens is 275 g/mol. The highest BCUT2D eigenvalue weighted by Gasteiger charge is 2.49. The topological polar surface area (TPSA) is 63.6 Å². The zero-order chi connectivity index (χ0) is 15.6. The Morgan fingerprint density at radius 3 is 2.00 bits per heavy atom. The van der Waals surface area contributed by atoms with Crippen molar-refractivity contribution in [3.05, 3.63) is 29.8 Å². The van der Waals surface area contributed by atoms with E-state index in [9.17, 15) is 14.7 Å². The van der Waals surface area contributed by atoms with E-state index >= 15 is 0 Å². The molecule has 0 spiro atoms. The molecule has 110 valence electrons. The lowest BCUT2D eigenvalue weighted by atomic mass is 9.64. The summed E-state index contributed by atoms with van der Waals surface area (Å²) < 4.78 is 5.09. The Morgan fingerprint density at radius 2 is 1.55 bits per heavy atom.